The quantitative estimate of drug-likeness (QED) is 0.629. The van der Waals surface area contributed by atoms with Crippen molar-refractivity contribution in [1.82, 2.24) is 15.2 Å². The summed E-state index contributed by atoms with van der Waals surface area (Å²) in [6.07, 6.45) is 0. The summed E-state index contributed by atoms with van der Waals surface area (Å²) in [6, 6.07) is 14.7. The van der Waals surface area contributed by atoms with E-state index in [2.05, 4.69) is 25.2 Å². The molecule has 0 spiro atoms. The number of aryl methyl sites for hydroxylation is 1. The fraction of sp³-hybridized carbons (Fsp3) is 0.176. The second-order valence-corrected chi connectivity index (χ2v) is 7.55. The van der Waals surface area contributed by atoms with Crippen molar-refractivity contribution in [3.63, 3.8) is 0 Å². The first-order valence-electron chi connectivity index (χ1n) is 7.82. The zero-order valence-corrected chi connectivity index (χ0v) is 14.8. The van der Waals surface area contributed by atoms with Crippen molar-refractivity contribution in [3.05, 3.63) is 54.2 Å². The summed E-state index contributed by atoms with van der Waals surface area (Å²) in [4.78, 5) is 4.37. The Morgan fingerprint density at radius 2 is 1.84 bits per heavy atom. The van der Waals surface area contributed by atoms with Crippen LogP contribution < -0.4 is 10.0 Å². The molecule has 130 valence electrons. The fourth-order valence-electron chi connectivity index (χ4n) is 2.25. The van der Waals surface area contributed by atoms with E-state index >= 15 is 0 Å². The van der Waals surface area contributed by atoms with E-state index in [1.807, 2.05) is 43.3 Å². The Kier molecular flexibility index (Phi) is 4.71. The maximum absolute atomic E-state index is 11.6. The largest absolute Gasteiger partial charge is 0.323 e. The molecule has 0 radical (unpaired) electrons. The van der Waals surface area contributed by atoms with Crippen molar-refractivity contribution < 1.29 is 8.42 Å². The zero-order valence-electron chi connectivity index (χ0n) is 13.9. The first kappa shape index (κ1) is 17.0. The van der Waals surface area contributed by atoms with Gasteiger partial charge in [0.25, 0.3) is 0 Å². The molecule has 1 aromatic carbocycles. The van der Waals surface area contributed by atoms with Crippen molar-refractivity contribution in [2.75, 3.05) is 15.8 Å². The lowest BCUT2D eigenvalue weighted by atomic mass is 10.1. The van der Waals surface area contributed by atoms with Crippen LogP contribution in [0.5, 0.6) is 0 Å². The van der Waals surface area contributed by atoms with Gasteiger partial charge in [-0.25, -0.2) is 13.4 Å². The van der Waals surface area contributed by atoms with Crippen molar-refractivity contribution in [1.29, 1.82) is 0 Å². The minimum absolute atomic E-state index is 0.0390. The Labute approximate surface area is 146 Å². The third kappa shape index (κ3) is 4.36. The van der Waals surface area contributed by atoms with Crippen LogP contribution in [0.4, 0.5) is 17.3 Å². The maximum Gasteiger partial charge on any atom is 0.232 e. The average Bonchev–Trinajstić information content (AvgIpc) is 3.04. The lowest BCUT2D eigenvalue weighted by molar-refractivity contribution is 0.602. The van der Waals surface area contributed by atoms with Crippen LogP contribution in [0.1, 0.15) is 12.6 Å². The van der Waals surface area contributed by atoms with Crippen molar-refractivity contribution in [2.45, 2.75) is 13.8 Å². The summed E-state index contributed by atoms with van der Waals surface area (Å²) in [6.45, 7) is 3.52. The van der Waals surface area contributed by atoms with E-state index in [1.54, 1.807) is 19.1 Å². The van der Waals surface area contributed by atoms with Gasteiger partial charge in [-0.15, -0.1) is 0 Å². The molecule has 3 aromatic rings. The summed E-state index contributed by atoms with van der Waals surface area (Å²) in [5.41, 5.74) is 3.18. The molecule has 0 saturated heterocycles. The number of pyridine rings is 1. The van der Waals surface area contributed by atoms with E-state index in [9.17, 15) is 8.42 Å². The molecule has 7 nitrogen and oxygen atoms in total. The van der Waals surface area contributed by atoms with Gasteiger partial charge in [0.2, 0.25) is 10.0 Å². The molecule has 0 atom stereocenters. The van der Waals surface area contributed by atoms with Gasteiger partial charge in [0, 0.05) is 17.4 Å². The molecule has 0 bridgehead atoms. The predicted molar refractivity (Wildman–Crippen MR) is 99.4 cm³/mol. The first-order valence-corrected chi connectivity index (χ1v) is 9.47. The SMILES string of the molecule is CCS(=O)(=O)Nc1ccc(-c2cc(Nc3cccc(C)n3)n[nH]2)cc1. The van der Waals surface area contributed by atoms with Gasteiger partial charge in [-0.1, -0.05) is 18.2 Å². The monoisotopic (exact) mass is 357 g/mol. The van der Waals surface area contributed by atoms with Crippen LogP contribution in [0.2, 0.25) is 0 Å². The number of anilines is 3. The molecule has 0 aliphatic rings. The maximum atomic E-state index is 11.6. The lowest BCUT2D eigenvalue weighted by Crippen LogP contribution is -2.14. The summed E-state index contributed by atoms with van der Waals surface area (Å²) < 4.78 is 25.7. The summed E-state index contributed by atoms with van der Waals surface area (Å²) >= 11 is 0. The van der Waals surface area contributed by atoms with Crippen LogP contribution in [0.3, 0.4) is 0 Å². The van der Waals surface area contributed by atoms with E-state index in [1.165, 1.54) is 0 Å². The average molecular weight is 357 g/mol. The standard InChI is InChI=1S/C17H19N5O2S/c1-3-25(23,24)22-14-9-7-13(8-10-14)15-11-17(21-20-15)19-16-6-4-5-12(2)18-16/h4-11,22H,3H2,1-2H3,(H2,18,19,20,21). The van der Waals surface area contributed by atoms with Crippen LogP contribution in [-0.2, 0) is 10.0 Å². The number of hydrogen-bond donors (Lipinski definition) is 3. The second-order valence-electron chi connectivity index (χ2n) is 5.54. The van der Waals surface area contributed by atoms with Gasteiger partial charge < -0.3 is 5.32 Å². The van der Waals surface area contributed by atoms with Crippen LogP contribution >= 0.6 is 0 Å². The number of H-pyrrole nitrogens is 1. The van der Waals surface area contributed by atoms with Crippen LogP contribution in [0, 0.1) is 6.92 Å². The molecule has 0 amide bonds. The molecular formula is C17H19N5O2S. The Hall–Kier alpha value is -2.87. The van der Waals surface area contributed by atoms with E-state index in [4.69, 9.17) is 0 Å². The van der Waals surface area contributed by atoms with Gasteiger partial charge in [0.05, 0.1) is 11.4 Å². The van der Waals surface area contributed by atoms with E-state index in [0.29, 0.717) is 11.5 Å². The molecule has 3 rings (SSSR count). The van der Waals surface area contributed by atoms with Crippen LogP contribution in [0.25, 0.3) is 11.3 Å². The van der Waals surface area contributed by atoms with Crippen molar-refractivity contribution in [3.8, 4) is 11.3 Å². The highest BCUT2D eigenvalue weighted by molar-refractivity contribution is 7.92. The van der Waals surface area contributed by atoms with Gasteiger partial charge in [0.1, 0.15) is 5.82 Å². The van der Waals surface area contributed by atoms with E-state index in [0.717, 1.165) is 22.8 Å². The molecule has 3 N–H and O–H groups in total. The van der Waals surface area contributed by atoms with E-state index < -0.39 is 10.0 Å². The molecule has 0 unspecified atom stereocenters. The highest BCUT2D eigenvalue weighted by atomic mass is 32.2. The third-order valence-electron chi connectivity index (χ3n) is 3.57. The highest BCUT2D eigenvalue weighted by Crippen LogP contribution is 2.23. The molecule has 2 heterocycles. The number of sulfonamides is 1. The number of nitrogens with zero attached hydrogens (tertiary/aromatic N) is 2. The Bertz CT molecular complexity index is 965. The smallest absolute Gasteiger partial charge is 0.232 e. The normalized spacial score (nSPS) is 11.3. The Balaban J connectivity index is 1.74. The highest BCUT2D eigenvalue weighted by Gasteiger charge is 2.08. The van der Waals surface area contributed by atoms with Gasteiger partial charge >= 0.3 is 0 Å². The molecule has 0 aliphatic carbocycles. The summed E-state index contributed by atoms with van der Waals surface area (Å²) in [5, 5.41) is 10.3. The molecule has 2 aromatic heterocycles. The van der Waals surface area contributed by atoms with Crippen LogP contribution in [-0.4, -0.2) is 29.4 Å². The first-order chi connectivity index (χ1) is 11.9. The van der Waals surface area contributed by atoms with Gasteiger partial charge in [-0.2, -0.15) is 5.10 Å². The molecule has 0 aliphatic heterocycles. The topological polar surface area (TPSA) is 99.8 Å². The number of nitrogens with one attached hydrogen (secondary N) is 3. The number of aromatic amines is 1. The van der Waals surface area contributed by atoms with Crippen LogP contribution in [0.15, 0.2) is 48.5 Å². The van der Waals surface area contributed by atoms with E-state index in [-0.39, 0.29) is 5.75 Å². The number of rotatable bonds is 6. The third-order valence-corrected chi connectivity index (χ3v) is 4.88. The lowest BCUT2D eigenvalue weighted by Gasteiger charge is -2.06. The minimum Gasteiger partial charge on any atom is -0.323 e. The molecule has 25 heavy (non-hydrogen) atoms. The molecular weight excluding hydrogens is 338 g/mol. The zero-order chi connectivity index (χ0) is 17.9. The molecule has 8 heteroatoms. The number of hydrogen-bond acceptors (Lipinski definition) is 5. The number of aromatic nitrogens is 3. The summed E-state index contributed by atoms with van der Waals surface area (Å²) in [5.74, 6) is 1.42. The molecule has 0 saturated carbocycles. The molecule has 0 fully saturated rings. The van der Waals surface area contributed by atoms with Gasteiger partial charge in [-0.3, -0.25) is 9.82 Å². The van der Waals surface area contributed by atoms with Gasteiger partial charge in [0.15, 0.2) is 5.82 Å². The summed E-state index contributed by atoms with van der Waals surface area (Å²) in [7, 11) is -3.27. The Morgan fingerprint density at radius 3 is 2.52 bits per heavy atom. The van der Waals surface area contributed by atoms with Crippen molar-refractivity contribution >= 4 is 27.3 Å². The number of benzene rings is 1. The van der Waals surface area contributed by atoms with Gasteiger partial charge in [-0.05, 0) is 43.7 Å². The Morgan fingerprint density at radius 1 is 1.08 bits per heavy atom. The fourth-order valence-corrected chi connectivity index (χ4v) is 2.89. The second kappa shape index (κ2) is 6.94. The minimum atomic E-state index is -3.27. The van der Waals surface area contributed by atoms with Crippen molar-refractivity contribution in [2.24, 2.45) is 0 Å². The predicted octanol–water partition coefficient (Wildman–Crippen LogP) is 3.29.